The number of rotatable bonds is 0. The molecular weight excluding hydrogens is 210 g/mol. The summed E-state index contributed by atoms with van der Waals surface area (Å²) in [6.45, 7) is 2.68. The monoisotopic (exact) mass is 223 g/mol. The molecule has 4 rings (SSSR count). The average molecular weight is 223 g/mol. The highest BCUT2D eigenvalue weighted by atomic mass is 16.5. The topological polar surface area (TPSA) is 12.5 Å². The molecule has 0 saturated heterocycles. The van der Waals surface area contributed by atoms with Gasteiger partial charge in [0, 0.05) is 24.2 Å². The number of ether oxygens (including phenoxy) is 1. The van der Waals surface area contributed by atoms with E-state index in [4.69, 9.17) is 4.74 Å². The van der Waals surface area contributed by atoms with Crippen LogP contribution in [0.3, 0.4) is 0 Å². The fraction of sp³-hybridized carbons (Fsp3) is 0.200. The van der Waals surface area contributed by atoms with Gasteiger partial charge in [0.25, 0.3) is 0 Å². The molecule has 0 amide bonds. The Hall–Kier alpha value is -1.96. The molecule has 2 heteroatoms. The van der Waals surface area contributed by atoms with E-state index in [1.165, 1.54) is 22.4 Å². The molecule has 2 nitrogen and oxygen atoms in total. The molecule has 3 aliphatic rings. The molecule has 3 aliphatic heterocycles. The minimum absolute atomic E-state index is 0.683. The van der Waals surface area contributed by atoms with E-state index in [2.05, 4.69) is 47.4 Å². The first-order chi connectivity index (χ1) is 8.43. The van der Waals surface area contributed by atoms with Crippen LogP contribution < -0.4 is 9.64 Å². The lowest BCUT2D eigenvalue weighted by atomic mass is 9.94. The SMILES string of the molecule is C1=Cc2cc3c4c(c2OC1)C=CCN4CC=C3. The fourth-order valence-corrected chi connectivity index (χ4v) is 2.81. The third kappa shape index (κ3) is 1.21. The van der Waals surface area contributed by atoms with E-state index in [1.54, 1.807) is 0 Å². The molecule has 1 aromatic carbocycles. The summed E-state index contributed by atoms with van der Waals surface area (Å²) < 4.78 is 5.80. The van der Waals surface area contributed by atoms with Crippen molar-refractivity contribution in [2.75, 3.05) is 24.6 Å². The third-order valence-electron chi connectivity index (χ3n) is 3.52. The van der Waals surface area contributed by atoms with Crippen molar-refractivity contribution in [2.45, 2.75) is 0 Å². The van der Waals surface area contributed by atoms with Crippen molar-refractivity contribution in [3.8, 4) is 5.75 Å². The van der Waals surface area contributed by atoms with Crippen LogP contribution in [0.5, 0.6) is 5.75 Å². The summed E-state index contributed by atoms with van der Waals surface area (Å²) in [4.78, 5) is 2.40. The Bertz CT molecular complexity index is 581. The first kappa shape index (κ1) is 9.11. The Morgan fingerprint density at radius 2 is 1.76 bits per heavy atom. The molecule has 1 aromatic rings. The van der Waals surface area contributed by atoms with Crippen molar-refractivity contribution in [1.82, 2.24) is 0 Å². The van der Waals surface area contributed by atoms with Gasteiger partial charge in [-0.25, -0.2) is 0 Å². The molecule has 0 atom stereocenters. The molecule has 0 aromatic heterocycles. The standard InChI is InChI=1S/C15H13NO/c1-4-11-10-12-5-3-9-17-15(12)13-6-2-8-16(7-1)14(11)13/h1-6,10H,7-9H2. The van der Waals surface area contributed by atoms with Crippen LogP contribution in [0, 0.1) is 0 Å². The van der Waals surface area contributed by atoms with Gasteiger partial charge in [-0.3, -0.25) is 0 Å². The summed E-state index contributed by atoms with van der Waals surface area (Å²) in [7, 11) is 0. The lowest BCUT2D eigenvalue weighted by Crippen LogP contribution is -2.29. The third-order valence-corrected chi connectivity index (χ3v) is 3.52. The smallest absolute Gasteiger partial charge is 0.136 e. The lowest BCUT2D eigenvalue weighted by Gasteiger charge is -2.33. The zero-order valence-corrected chi connectivity index (χ0v) is 9.52. The van der Waals surface area contributed by atoms with Gasteiger partial charge in [-0.05, 0) is 17.7 Å². The summed E-state index contributed by atoms with van der Waals surface area (Å²) in [5, 5.41) is 0. The number of fused-ring (bicyclic) bond motifs is 2. The Labute approximate surface area is 101 Å². The molecule has 17 heavy (non-hydrogen) atoms. The minimum atomic E-state index is 0.683. The number of benzene rings is 1. The Morgan fingerprint density at radius 1 is 0.941 bits per heavy atom. The molecule has 0 N–H and O–H groups in total. The quantitative estimate of drug-likeness (QED) is 0.670. The molecule has 0 unspecified atom stereocenters. The maximum Gasteiger partial charge on any atom is 0.136 e. The van der Waals surface area contributed by atoms with Crippen LogP contribution in [0.4, 0.5) is 5.69 Å². The van der Waals surface area contributed by atoms with Crippen LogP contribution in [0.25, 0.3) is 18.2 Å². The van der Waals surface area contributed by atoms with Gasteiger partial charge in [0.05, 0.1) is 5.69 Å². The maximum atomic E-state index is 5.80. The van der Waals surface area contributed by atoms with Gasteiger partial charge in [0.2, 0.25) is 0 Å². The highest BCUT2D eigenvalue weighted by Gasteiger charge is 2.24. The molecule has 0 spiro atoms. The fourth-order valence-electron chi connectivity index (χ4n) is 2.81. The van der Waals surface area contributed by atoms with Gasteiger partial charge in [-0.1, -0.05) is 30.4 Å². The largest absolute Gasteiger partial charge is 0.488 e. The molecule has 0 saturated carbocycles. The van der Waals surface area contributed by atoms with E-state index in [0.29, 0.717) is 6.61 Å². The highest BCUT2D eigenvalue weighted by molar-refractivity contribution is 5.88. The number of hydrogen-bond donors (Lipinski definition) is 0. The van der Waals surface area contributed by atoms with Crippen LogP contribution in [-0.2, 0) is 0 Å². The van der Waals surface area contributed by atoms with Gasteiger partial charge in [-0.2, -0.15) is 0 Å². The van der Waals surface area contributed by atoms with Gasteiger partial charge >= 0.3 is 0 Å². The Kier molecular flexibility index (Phi) is 1.75. The molecule has 3 heterocycles. The number of hydrogen-bond acceptors (Lipinski definition) is 2. The van der Waals surface area contributed by atoms with Crippen molar-refractivity contribution >= 4 is 23.9 Å². The molecule has 0 fully saturated rings. The first-order valence-corrected chi connectivity index (χ1v) is 6.02. The van der Waals surface area contributed by atoms with Crippen molar-refractivity contribution in [3.63, 3.8) is 0 Å². The van der Waals surface area contributed by atoms with E-state index in [9.17, 15) is 0 Å². The average Bonchev–Trinajstić information content (AvgIpc) is 2.39. The van der Waals surface area contributed by atoms with Crippen molar-refractivity contribution in [3.05, 3.63) is 41.0 Å². The van der Waals surface area contributed by atoms with Gasteiger partial charge < -0.3 is 9.64 Å². The maximum absolute atomic E-state index is 5.80. The van der Waals surface area contributed by atoms with Crippen molar-refractivity contribution < 1.29 is 4.74 Å². The van der Waals surface area contributed by atoms with Gasteiger partial charge in [0.15, 0.2) is 0 Å². The zero-order valence-electron chi connectivity index (χ0n) is 9.52. The van der Waals surface area contributed by atoms with Crippen LogP contribution >= 0.6 is 0 Å². The molecule has 0 bridgehead atoms. The van der Waals surface area contributed by atoms with Crippen LogP contribution in [-0.4, -0.2) is 19.7 Å². The molecule has 0 aliphatic carbocycles. The second-order valence-electron chi connectivity index (χ2n) is 4.57. The van der Waals surface area contributed by atoms with Crippen LogP contribution in [0.15, 0.2) is 24.3 Å². The summed E-state index contributed by atoms with van der Waals surface area (Å²) in [6, 6.07) is 2.23. The minimum Gasteiger partial charge on any atom is -0.488 e. The van der Waals surface area contributed by atoms with Gasteiger partial charge in [-0.15, -0.1) is 0 Å². The van der Waals surface area contributed by atoms with Crippen LogP contribution in [0.2, 0.25) is 0 Å². The zero-order chi connectivity index (χ0) is 11.2. The number of anilines is 1. The van der Waals surface area contributed by atoms with Crippen molar-refractivity contribution in [2.24, 2.45) is 0 Å². The highest BCUT2D eigenvalue weighted by Crippen LogP contribution is 2.42. The van der Waals surface area contributed by atoms with Gasteiger partial charge in [0.1, 0.15) is 12.4 Å². The van der Waals surface area contributed by atoms with Crippen molar-refractivity contribution in [1.29, 1.82) is 0 Å². The Balaban J connectivity index is 2.07. The molecular formula is C15H13NO. The second-order valence-corrected chi connectivity index (χ2v) is 4.57. The summed E-state index contributed by atoms with van der Waals surface area (Å²) in [6.07, 6.45) is 13.1. The lowest BCUT2D eigenvalue weighted by molar-refractivity contribution is 0.357. The summed E-state index contributed by atoms with van der Waals surface area (Å²) in [5.74, 6) is 1.04. The predicted octanol–water partition coefficient (Wildman–Crippen LogP) is 2.95. The van der Waals surface area contributed by atoms with E-state index in [0.717, 1.165) is 18.8 Å². The number of nitrogens with zero attached hydrogens (tertiary/aromatic N) is 1. The molecule has 84 valence electrons. The van der Waals surface area contributed by atoms with E-state index in [-0.39, 0.29) is 0 Å². The normalized spacial score (nSPS) is 18.7. The van der Waals surface area contributed by atoms with E-state index in [1.807, 2.05) is 0 Å². The van der Waals surface area contributed by atoms with Crippen LogP contribution in [0.1, 0.15) is 16.7 Å². The van der Waals surface area contributed by atoms with E-state index < -0.39 is 0 Å². The summed E-state index contributed by atoms with van der Waals surface area (Å²) >= 11 is 0. The molecule has 0 radical (unpaired) electrons. The second kappa shape index (κ2) is 3.27. The first-order valence-electron chi connectivity index (χ1n) is 6.02. The Morgan fingerprint density at radius 3 is 2.71 bits per heavy atom. The summed E-state index contributed by atoms with van der Waals surface area (Å²) in [5.41, 5.74) is 5.09. The predicted molar refractivity (Wildman–Crippen MR) is 71.3 cm³/mol. The van der Waals surface area contributed by atoms with E-state index >= 15 is 0 Å².